The second-order valence-corrected chi connectivity index (χ2v) is 4.97. The van der Waals surface area contributed by atoms with E-state index in [4.69, 9.17) is 4.42 Å². The lowest BCUT2D eigenvalue weighted by Crippen LogP contribution is -1.95. The van der Waals surface area contributed by atoms with Crippen molar-refractivity contribution < 1.29 is 4.42 Å². The van der Waals surface area contributed by atoms with Crippen molar-refractivity contribution in [1.29, 1.82) is 0 Å². The van der Waals surface area contributed by atoms with E-state index >= 15 is 0 Å². The predicted octanol–water partition coefficient (Wildman–Crippen LogP) is 3.00. The molecule has 1 aromatic carbocycles. The van der Waals surface area contributed by atoms with E-state index in [1.165, 1.54) is 6.07 Å². The molecule has 0 saturated heterocycles. The Morgan fingerprint density at radius 1 is 1.15 bits per heavy atom. The molecule has 0 unspecified atom stereocenters. The summed E-state index contributed by atoms with van der Waals surface area (Å²) in [7, 11) is 0. The Morgan fingerprint density at radius 2 is 1.92 bits per heavy atom. The van der Waals surface area contributed by atoms with E-state index in [0.717, 1.165) is 12.5 Å². The lowest BCUT2D eigenvalue weighted by molar-refractivity contribution is 0.559. The van der Waals surface area contributed by atoms with Crippen molar-refractivity contribution in [1.82, 2.24) is 0 Å². The molecule has 1 heterocycles. The Kier molecular flexibility index (Phi) is 2.59. The van der Waals surface area contributed by atoms with Gasteiger partial charge in [0.1, 0.15) is 0 Å². The molecular weight excluding hydrogens is 394 g/mol. The van der Waals surface area contributed by atoms with Gasteiger partial charge in [-0.2, -0.15) is 0 Å². The van der Waals surface area contributed by atoms with Gasteiger partial charge in [-0.05, 0) is 63.4 Å². The van der Waals surface area contributed by atoms with Crippen molar-refractivity contribution in [2.24, 2.45) is 0 Å². The Morgan fingerprint density at radius 3 is 2.69 bits per heavy atom. The first kappa shape index (κ1) is 9.45. The minimum atomic E-state index is -0.299. The fourth-order valence-electron chi connectivity index (χ4n) is 1.10. The zero-order valence-electron chi connectivity index (χ0n) is 6.38. The molecule has 0 amide bonds. The first-order chi connectivity index (χ1) is 6.16. The number of halogens is 2. The topological polar surface area (TPSA) is 30.2 Å². The fourth-order valence-corrected chi connectivity index (χ4v) is 3.10. The number of hydrogen-bond acceptors (Lipinski definition) is 2. The van der Waals surface area contributed by atoms with Crippen LogP contribution in [0.4, 0.5) is 0 Å². The number of hydrogen-bond donors (Lipinski definition) is 0. The number of rotatable bonds is 0. The van der Waals surface area contributed by atoms with Crippen LogP contribution in [0.2, 0.25) is 0 Å². The van der Waals surface area contributed by atoms with Gasteiger partial charge < -0.3 is 4.42 Å². The van der Waals surface area contributed by atoms with Crippen molar-refractivity contribution in [3.05, 3.63) is 41.8 Å². The summed E-state index contributed by atoms with van der Waals surface area (Å²) < 4.78 is 7.19. The molecule has 0 aliphatic heterocycles. The lowest BCUT2D eigenvalue weighted by Gasteiger charge is -1.98. The van der Waals surface area contributed by atoms with Gasteiger partial charge in [0.25, 0.3) is 0 Å². The summed E-state index contributed by atoms with van der Waals surface area (Å²) in [4.78, 5) is 10.9. The average molecular weight is 398 g/mol. The van der Waals surface area contributed by atoms with Crippen LogP contribution in [-0.4, -0.2) is 0 Å². The Balaban J connectivity index is 2.95. The molecule has 2 rings (SSSR count). The van der Waals surface area contributed by atoms with E-state index in [9.17, 15) is 4.79 Å². The van der Waals surface area contributed by atoms with Crippen LogP contribution in [0.1, 0.15) is 0 Å². The van der Waals surface area contributed by atoms with Gasteiger partial charge in [0.2, 0.25) is 0 Å². The highest BCUT2D eigenvalue weighted by Gasteiger charge is 2.02. The van der Waals surface area contributed by atoms with Crippen LogP contribution in [-0.2, 0) is 0 Å². The average Bonchev–Trinajstić information content (AvgIpc) is 2.06. The summed E-state index contributed by atoms with van der Waals surface area (Å²) in [5.74, 6) is 0. The minimum Gasteiger partial charge on any atom is -0.422 e. The molecule has 13 heavy (non-hydrogen) atoms. The normalized spacial score (nSPS) is 10.6. The summed E-state index contributed by atoms with van der Waals surface area (Å²) >= 11 is 4.40. The summed E-state index contributed by atoms with van der Waals surface area (Å²) in [6.45, 7) is 0. The fraction of sp³-hybridized carbons (Fsp3) is 0. The number of benzene rings is 1. The van der Waals surface area contributed by atoms with Crippen molar-refractivity contribution in [2.75, 3.05) is 0 Å². The van der Waals surface area contributed by atoms with Crippen LogP contribution < -0.4 is 5.63 Å². The lowest BCUT2D eigenvalue weighted by atomic mass is 10.2. The molecule has 0 atom stereocenters. The van der Waals surface area contributed by atoms with E-state index in [1.807, 2.05) is 12.1 Å². The van der Waals surface area contributed by atoms with Crippen LogP contribution in [0.3, 0.4) is 0 Å². The third kappa shape index (κ3) is 1.88. The van der Waals surface area contributed by atoms with Crippen molar-refractivity contribution in [3.8, 4) is 0 Å². The molecular formula is C9H4I2O2. The maximum absolute atomic E-state index is 10.9. The highest BCUT2D eigenvalue weighted by molar-refractivity contribution is 14.1. The Hall–Kier alpha value is -0.110. The quantitative estimate of drug-likeness (QED) is 0.505. The van der Waals surface area contributed by atoms with Crippen LogP contribution in [0.15, 0.2) is 33.5 Å². The third-order valence-electron chi connectivity index (χ3n) is 1.64. The highest BCUT2D eigenvalue weighted by Crippen LogP contribution is 2.22. The summed E-state index contributed by atoms with van der Waals surface area (Å²) in [6, 6.07) is 7.19. The van der Waals surface area contributed by atoms with Gasteiger partial charge in [-0.25, -0.2) is 4.79 Å². The summed E-state index contributed by atoms with van der Waals surface area (Å²) in [6.07, 6.45) is 0. The molecule has 0 bridgehead atoms. The predicted molar refractivity (Wildman–Crippen MR) is 67.9 cm³/mol. The molecule has 4 heteroatoms. The number of fused-ring (bicyclic) bond motifs is 1. The highest BCUT2D eigenvalue weighted by atomic mass is 127. The molecule has 0 N–H and O–H groups in total. The zero-order valence-corrected chi connectivity index (χ0v) is 10.7. The van der Waals surface area contributed by atoms with Gasteiger partial charge in [0.15, 0.2) is 5.58 Å². The van der Waals surface area contributed by atoms with Crippen LogP contribution >= 0.6 is 45.2 Å². The third-order valence-corrected chi connectivity index (χ3v) is 3.06. The molecule has 0 saturated carbocycles. The standard InChI is InChI=1S/C9H4I2O2/c10-6-3-5-1-2-8(12)13-9(5)7(11)4-6/h1-4H. The smallest absolute Gasteiger partial charge is 0.336 e. The molecule has 0 fully saturated rings. The Bertz CT molecular complexity index is 516. The summed E-state index contributed by atoms with van der Waals surface area (Å²) in [5, 5.41) is 0.968. The SMILES string of the molecule is O=c1ccc2cc(I)cc(I)c2o1. The largest absolute Gasteiger partial charge is 0.422 e. The molecule has 2 aromatic rings. The van der Waals surface area contributed by atoms with E-state index in [-0.39, 0.29) is 5.63 Å². The molecule has 0 aliphatic rings. The van der Waals surface area contributed by atoms with Gasteiger partial charge in [0.05, 0.1) is 3.57 Å². The Labute approximate surface area is 102 Å². The molecule has 66 valence electrons. The van der Waals surface area contributed by atoms with Crippen molar-refractivity contribution >= 4 is 56.2 Å². The minimum absolute atomic E-state index is 0.299. The molecule has 0 aliphatic carbocycles. The molecule has 1 aromatic heterocycles. The summed E-state index contributed by atoms with van der Waals surface area (Å²) in [5.41, 5.74) is 0.375. The second-order valence-electron chi connectivity index (χ2n) is 2.56. The van der Waals surface area contributed by atoms with Gasteiger partial charge >= 0.3 is 5.63 Å². The van der Waals surface area contributed by atoms with Gasteiger partial charge in [-0.1, -0.05) is 0 Å². The van der Waals surface area contributed by atoms with Crippen molar-refractivity contribution in [2.45, 2.75) is 0 Å². The maximum atomic E-state index is 10.9. The van der Waals surface area contributed by atoms with Gasteiger partial charge in [-0.15, -0.1) is 0 Å². The first-order valence-corrected chi connectivity index (χ1v) is 5.71. The molecule has 0 radical (unpaired) electrons. The zero-order chi connectivity index (χ0) is 9.42. The van der Waals surface area contributed by atoms with Crippen LogP contribution in [0.5, 0.6) is 0 Å². The second kappa shape index (κ2) is 3.56. The van der Waals surface area contributed by atoms with Crippen LogP contribution in [0.25, 0.3) is 11.0 Å². The van der Waals surface area contributed by atoms with Gasteiger partial charge in [0, 0.05) is 15.0 Å². The molecule has 2 nitrogen and oxygen atoms in total. The van der Waals surface area contributed by atoms with Gasteiger partial charge in [-0.3, -0.25) is 0 Å². The maximum Gasteiger partial charge on any atom is 0.336 e. The van der Waals surface area contributed by atoms with E-state index in [2.05, 4.69) is 45.2 Å². The van der Waals surface area contributed by atoms with Crippen LogP contribution in [0, 0.1) is 7.14 Å². The first-order valence-electron chi connectivity index (χ1n) is 3.56. The van der Waals surface area contributed by atoms with E-state index in [1.54, 1.807) is 6.07 Å². The monoisotopic (exact) mass is 398 g/mol. The van der Waals surface area contributed by atoms with E-state index < -0.39 is 0 Å². The molecule has 0 spiro atoms. The van der Waals surface area contributed by atoms with Crippen molar-refractivity contribution in [3.63, 3.8) is 0 Å². The van der Waals surface area contributed by atoms with E-state index in [0.29, 0.717) is 5.58 Å².